The van der Waals surface area contributed by atoms with E-state index >= 15 is 0 Å². The lowest BCUT2D eigenvalue weighted by Gasteiger charge is -2.18. The van der Waals surface area contributed by atoms with Crippen molar-refractivity contribution in [3.05, 3.63) is 63.0 Å². The number of hydrogen-bond donors (Lipinski definition) is 0. The molecule has 0 N–H and O–H groups in total. The number of amides is 1. The van der Waals surface area contributed by atoms with Gasteiger partial charge in [0.25, 0.3) is 5.91 Å². The van der Waals surface area contributed by atoms with E-state index in [-0.39, 0.29) is 5.91 Å². The summed E-state index contributed by atoms with van der Waals surface area (Å²) in [5.74, 6) is 2.32. The molecule has 10 heteroatoms. The van der Waals surface area contributed by atoms with E-state index in [1.807, 2.05) is 17.5 Å². The number of benzene rings is 1. The second-order valence-electron chi connectivity index (χ2n) is 7.39. The van der Waals surface area contributed by atoms with E-state index in [1.165, 1.54) is 11.8 Å². The van der Waals surface area contributed by atoms with Gasteiger partial charge >= 0.3 is 0 Å². The Balaban J connectivity index is 1.61. The molecule has 0 radical (unpaired) electrons. The van der Waals surface area contributed by atoms with Crippen molar-refractivity contribution in [1.29, 1.82) is 0 Å². The largest absolute Gasteiger partial charge is 0.495 e. The van der Waals surface area contributed by atoms with Gasteiger partial charge in [-0.05, 0) is 41.6 Å². The number of thiophene rings is 1. The first-order chi connectivity index (χ1) is 15.4. The van der Waals surface area contributed by atoms with Crippen molar-refractivity contribution < 1.29 is 14.1 Å². The molecule has 3 heterocycles. The molecule has 32 heavy (non-hydrogen) atoms. The minimum Gasteiger partial charge on any atom is -0.495 e. The number of halogens is 1. The van der Waals surface area contributed by atoms with Crippen LogP contribution in [0.5, 0.6) is 5.75 Å². The summed E-state index contributed by atoms with van der Waals surface area (Å²) in [7, 11) is 1.55. The monoisotopic (exact) mass is 488 g/mol. The van der Waals surface area contributed by atoms with Crippen molar-refractivity contribution in [2.75, 3.05) is 12.0 Å². The van der Waals surface area contributed by atoms with Crippen LogP contribution in [0.2, 0.25) is 5.02 Å². The van der Waals surface area contributed by atoms with Gasteiger partial charge in [0.1, 0.15) is 11.4 Å². The fourth-order valence-corrected chi connectivity index (χ4v) is 4.79. The lowest BCUT2D eigenvalue weighted by Crippen LogP contribution is -2.30. The number of aromatic nitrogens is 2. The fourth-order valence-electron chi connectivity index (χ4n) is 3.03. The molecule has 1 aromatic carbocycles. The van der Waals surface area contributed by atoms with E-state index in [9.17, 15) is 4.79 Å². The molecule has 0 atom stereocenters. The van der Waals surface area contributed by atoms with Crippen molar-refractivity contribution in [3.8, 4) is 5.75 Å². The van der Waals surface area contributed by atoms with Crippen molar-refractivity contribution in [2.24, 2.45) is 10.9 Å². The first-order valence-electron chi connectivity index (χ1n) is 9.90. The Morgan fingerprint density at radius 1 is 1.34 bits per heavy atom. The molecule has 1 amide bonds. The van der Waals surface area contributed by atoms with Crippen LogP contribution in [0.3, 0.4) is 0 Å². The minimum absolute atomic E-state index is 0.226. The number of amidine groups is 1. The van der Waals surface area contributed by atoms with Crippen molar-refractivity contribution in [1.82, 2.24) is 10.1 Å². The van der Waals surface area contributed by atoms with E-state index in [4.69, 9.17) is 20.9 Å². The average Bonchev–Trinajstić information content (AvgIpc) is 3.48. The quantitative estimate of drug-likeness (QED) is 0.398. The minimum atomic E-state index is -0.226. The third kappa shape index (κ3) is 5.06. The van der Waals surface area contributed by atoms with E-state index < -0.39 is 0 Å². The molecule has 0 aliphatic carbocycles. The van der Waals surface area contributed by atoms with Gasteiger partial charge in [-0.1, -0.05) is 48.4 Å². The van der Waals surface area contributed by atoms with Gasteiger partial charge in [0.05, 0.1) is 23.6 Å². The van der Waals surface area contributed by atoms with Gasteiger partial charge in [0.2, 0.25) is 5.89 Å². The van der Waals surface area contributed by atoms with Crippen LogP contribution in [0.1, 0.15) is 30.4 Å². The smallest absolute Gasteiger partial charge is 0.283 e. The Labute approximate surface area is 199 Å². The standard InChI is InChI=1S/C22H21ClN4O3S2/c1-13(2)9-20-25-19(26-30-20)12-32-22-24-17(11-15-5-4-8-31-15)21(28)27(22)14-6-7-18(29-3)16(23)10-14/h4-8,10-11,13H,9,12H2,1-3H3/b17-11+. The SMILES string of the molecule is COc1ccc(N2C(=O)/C(=C\c3cccs3)N=C2SCc2noc(CC(C)C)n2)cc1Cl. The Morgan fingerprint density at radius 3 is 2.88 bits per heavy atom. The Morgan fingerprint density at radius 2 is 2.19 bits per heavy atom. The van der Waals surface area contributed by atoms with Gasteiger partial charge in [0, 0.05) is 11.3 Å². The summed E-state index contributed by atoms with van der Waals surface area (Å²) in [6, 6.07) is 9.07. The van der Waals surface area contributed by atoms with Crippen LogP contribution in [-0.4, -0.2) is 28.3 Å². The number of carbonyl (C=O) groups excluding carboxylic acids is 1. The summed E-state index contributed by atoms with van der Waals surface area (Å²) in [6.07, 6.45) is 2.51. The van der Waals surface area contributed by atoms with Crippen LogP contribution in [0.15, 0.2) is 50.9 Å². The molecular formula is C22H21ClN4O3S2. The Kier molecular flexibility index (Phi) is 6.98. The molecule has 3 aromatic rings. The van der Waals surface area contributed by atoms with E-state index in [0.29, 0.717) is 50.7 Å². The Bertz CT molecular complexity index is 1170. The van der Waals surface area contributed by atoms with Crippen LogP contribution in [0.4, 0.5) is 5.69 Å². The Hall–Kier alpha value is -2.62. The summed E-state index contributed by atoms with van der Waals surface area (Å²) < 4.78 is 10.6. The number of methoxy groups -OCH3 is 1. The molecule has 0 unspecified atom stereocenters. The molecule has 0 bridgehead atoms. The van der Waals surface area contributed by atoms with E-state index in [2.05, 4.69) is 29.0 Å². The summed E-state index contributed by atoms with van der Waals surface area (Å²) >= 11 is 9.23. The molecule has 0 spiro atoms. The lowest BCUT2D eigenvalue weighted by molar-refractivity contribution is -0.113. The van der Waals surface area contributed by atoms with E-state index in [1.54, 1.807) is 47.6 Å². The molecule has 166 valence electrons. The van der Waals surface area contributed by atoms with Gasteiger partial charge in [-0.2, -0.15) is 4.98 Å². The first kappa shape index (κ1) is 22.6. The van der Waals surface area contributed by atoms with Crippen LogP contribution < -0.4 is 9.64 Å². The fraction of sp³-hybridized carbons (Fsp3) is 0.273. The molecule has 1 aliphatic rings. The highest BCUT2D eigenvalue weighted by Crippen LogP contribution is 2.35. The summed E-state index contributed by atoms with van der Waals surface area (Å²) in [5, 5.41) is 6.94. The van der Waals surface area contributed by atoms with Crippen LogP contribution in [-0.2, 0) is 17.0 Å². The second kappa shape index (κ2) is 9.89. The molecule has 0 fully saturated rings. The van der Waals surface area contributed by atoms with Crippen LogP contribution in [0.25, 0.3) is 6.08 Å². The van der Waals surface area contributed by atoms with Gasteiger partial charge in [-0.3, -0.25) is 9.69 Å². The van der Waals surface area contributed by atoms with Crippen molar-refractivity contribution in [2.45, 2.75) is 26.0 Å². The lowest BCUT2D eigenvalue weighted by atomic mass is 10.1. The summed E-state index contributed by atoms with van der Waals surface area (Å²) in [4.78, 5) is 24.8. The summed E-state index contributed by atoms with van der Waals surface area (Å²) in [5.41, 5.74) is 0.964. The molecule has 1 aliphatic heterocycles. The van der Waals surface area contributed by atoms with Gasteiger partial charge in [0.15, 0.2) is 11.0 Å². The number of hydrogen-bond acceptors (Lipinski definition) is 8. The zero-order valence-electron chi connectivity index (χ0n) is 17.7. The highest BCUT2D eigenvalue weighted by molar-refractivity contribution is 8.13. The number of thioether (sulfide) groups is 1. The average molecular weight is 489 g/mol. The van der Waals surface area contributed by atoms with Crippen molar-refractivity contribution in [3.63, 3.8) is 0 Å². The third-order valence-corrected chi connectivity index (χ3v) is 6.52. The molecule has 4 rings (SSSR count). The first-order valence-corrected chi connectivity index (χ1v) is 12.1. The molecule has 0 saturated heterocycles. The normalized spacial score (nSPS) is 15.2. The number of aliphatic imine (C=N–C) groups is 1. The van der Waals surface area contributed by atoms with Gasteiger partial charge < -0.3 is 9.26 Å². The van der Waals surface area contributed by atoms with Gasteiger partial charge in [-0.25, -0.2) is 4.99 Å². The van der Waals surface area contributed by atoms with E-state index in [0.717, 1.165) is 11.3 Å². The van der Waals surface area contributed by atoms with Gasteiger partial charge in [-0.15, -0.1) is 11.3 Å². The predicted octanol–water partition coefficient (Wildman–Crippen LogP) is 5.67. The highest BCUT2D eigenvalue weighted by atomic mass is 35.5. The predicted molar refractivity (Wildman–Crippen MR) is 129 cm³/mol. The maximum atomic E-state index is 13.3. The zero-order chi connectivity index (χ0) is 22.7. The number of rotatable bonds is 7. The van der Waals surface area contributed by atoms with Crippen molar-refractivity contribution >= 4 is 57.5 Å². The number of nitrogens with zero attached hydrogens (tertiary/aromatic N) is 4. The maximum Gasteiger partial charge on any atom is 0.283 e. The second-order valence-corrected chi connectivity index (χ2v) is 9.72. The number of anilines is 1. The topological polar surface area (TPSA) is 80.8 Å². The molecule has 2 aromatic heterocycles. The summed E-state index contributed by atoms with van der Waals surface area (Å²) in [6.45, 7) is 4.19. The van der Waals surface area contributed by atoms with Crippen LogP contribution in [0, 0.1) is 5.92 Å². The van der Waals surface area contributed by atoms with Crippen LogP contribution >= 0.6 is 34.7 Å². The molecule has 7 nitrogen and oxygen atoms in total. The zero-order valence-corrected chi connectivity index (χ0v) is 20.1. The number of carbonyl (C=O) groups is 1. The molecule has 0 saturated carbocycles. The highest BCUT2D eigenvalue weighted by Gasteiger charge is 2.32. The third-order valence-electron chi connectivity index (χ3n) is 4.47. The maximum absolute atomic E-state index is 13.3. The molecular weight excluding hydrogens is 468 g/mol. The number of ether oxygens (including phenoxy) is 1.